The van der Waals surface area contributed by atoms with Crippen LogP contribution in [0.2, 0.25) is 0 Å². The zero-order chi connectivity index (χ0) is 15.6. The van der Waals surface area contributed by atoms with Gasteiger partial charge >= 0.3 is 0 Å². The number of aliphatic hydroxyl groups is 1. The fourth-order valence-electron chi connectivity index (χ4n) is 3.64. The molecule has 2 heterocycles. The monoisotopic (exact) mass is 307 g/mol. The lowest BCUT2D eigenvalue weighted by atomic mass is 9.77. The van der Waals surface area contributed by atoms with Gasteiger partial charge in [-0.2, -0.15) is 0 Å². The van der Waals surface area contributed by atoms with Gasteiger partial charge in [0.1, 0.15) is 0 Å². The lowest BCUT2D eigenvalue weighted by Crippen LogP contribution is -2.58. The zero-order valence-corrected chi connectivity index (χ0v) is 12.4. The molecule has 3 unspecified atom stereocenters. The predicted octanol–water partition coefficient (Wildman–Crippen LogP) is 2.09. The van der Waals surface area contributed by atoms with Crippen LogP contribution in [0.15, 0.2) is 30.3 Å². The number of benzene rings is 1. The van der Waals surface area contributed by atoms with Gasteiger partial charge in [0.25, 0.3) is 6.04 Å². The Kier molecular flexibility index (Phi) is 4.42. The molecular formula is C16H21NO5. The van der Waals surface area contributed by atoms with Crippen molar-refractivity contribution in [2.24, 2.45) is 0 Å². The van der Waals surface area contributed by atoms with Gasteiger partial charge in [0.05, 0.1) is 12.2 Å². The van der Waals surface area contributed by atoms with Crippen LogP contribution in [-0.4, -0.2) is 41.1 Å². The van der Waals surface area contributed by atoms with Crippen LogP contribution < -0.4 is 0 Å². The molecule has 6 heteroatoms. The molecule has 0 bridgehead atoms. The first kappa shape index (κ1) is 15.4. The standard InChI is InChI=1S/C16H21NO5/c18-16(13-8-4-10-21-13,14-9-5-11-22-14)15(17(19)20)12-6-2-1-3-7-12/h1-3,6-7,13-15,18H,4-5,8-11H2. The minimum Gasteiger partial charge on any atom is -0.378 e. The molecule has 0 amide bonds. The summed E-state index contributed by atoms with van der Waals surface area (Å²) in [6.07, 6.45) is 1.72. The predicted molar refractivity (Wildman–Crippen MR) is 79.1 cm³/mol. The van der Waals surface area contributed by atoms with Gasteiger partial charge in [-0.05, 0) is 25.7 Å². The molecule has 120 valence electrons. The highest BCUT2D eigenvalue weighted by atomic mass is 16.6. The number of hydrogen-bond donors (Lipinski definition) is 1. The highest BCUT2D eigenvalue weighted by Crippen LogP contribution is 2.43. The van der Waals surface area contributed by atoms with Crippen LogP contribution in [0.4, 0.5) is 0 Å². The van der Waals surface area contributed by atoms with E-state index in [4.69, 9.17) is 9.47 Å². The maximum absolute atomic E-state index is 11.8. The second-order valence-corrected chi connectivity index (χ2v) is 5.99. The summed E-state index contributed by atoms with van der Waals surface area (Å²) >= 11 is 0. The highest BCUT2D eigenvalue weighted by Gasteiger charge is 2.59. The second kappa shape index (κ2) is 6.32. The maximum atomic E-state index is 11.8. The largest absolute Gasteiger partial charge is 0.378 e. The van der Waals surface area contributed by atoms with Crippen molar-refractivity contribution in [3.8, 4) is 0 Å². The molecule has 1 aromatic carbocycles. The van der Waals surface area contributed by atoms with E-state index in [1.807, 2.05) is 0 Å². The summed E-state index contributed by atoms with van der Waals surface area (Å²) in [7, 11) is 0. The number of nitro groups is 1. The molecule has 2 fully saturated rings. The first-order valence-corrected chi connectivity index (χ1v) is 7.78. The van der Waals surface area contributed by atoms with Gasteiger partial charge in [0.15, 0.2) is 5.60 Å². The van der Waals surface area contributed by atoms with E-state index in [2.05, 4.69) is 0 Å². The third-order valence-corrected chi connectivity index (χ3v) is 4.66. The Morgan fingerprint density at radius 2 is 1.68 bits per heavy atom. The SMILES string of the molecule is O=[N+]([O-])C(c1ccccc1)C(O)(C1CCCO1)C1CCCO1. The van der Waals surface area contributed by atoms with Crippen molar-refractivity contribution < 1.29 is 19.5 Å². The topological polar surface area (TPSA) is 81.8 Å². The molecule has 22 heavy (non-hydrogen) atoms. The number of rotatable bonds is 5. The molecule has 0 aromatic heterocycles. The van der Waals surface area contributed by atoms with Crippen LogP contribution in [0.3, 0.4) is 0 Å². The highest BCUT2D eigenvalue weighted by molar-refractivity contribution is 5.23. The van der Waals surface area contributed by atoms with E-state index >= 15 is 0 Å². The summed E-state index contributed by atoms with van der Waals surface area (Å²) in [6.45, 7) is 1.05. The zero-order valence-electron chi connectivity index (χ0n) is 12.4. The van der Waals surface area contributed by atoms with Gasteiger partial charge in [-0.3, -0.25) is 10.1 Å². The Bertz CT molecular complexity index is 493. The smallest absolute Gasteiger partial charge is 0.271 e. The van der Waals surface area contributed by atoms with Crippen molar-refractivity contribution >= 4 is 0 Å². The Labute approximate surface area is 129 Å². The minimum atomic E-state index is -1.64. The number of hydrogen-bond acceptors (Lipinski definition) is 5. The molecule has 1 N–H and O–H groups in total. The third-order valence-electron chi connectivity index (χ3n) is 4.66. The van der Waals surface area contributed by atoms with Gasteiger partial charge in [-0.15, -0.1) is 0 Å². The van der Waals surface area contributed by atoms with Gasteiger partial charge in [0, 0.05) is 23.7 Å². The van der Waals surface area contributed by atoms with E-state index in [-0.39, 0.29) is 0 Å². The number of nitrogens with zero attached hydrogens (tertiary/aromatic N) is 1. The molecule has 0 saturated carbocycles. The van der Waals surface area contributed by atoms with E-state index < -0.39 is 28.8 Å². The van der Waals surface area contributed by atoms with E-state index in [1.54, 1.807) is 30.3 Å². The third kappa shape index (κ3) is 2.62. The molecule has 2 aliphatic rings. The first-order chi connectivity index (χ1) is 10.6. The van der Waals surface area contributed by atoms with Crippen LogP contribution in [0.5, 0.6) is 0 Å². The van der Waals surface area contributed by atoms with Crippen molar-refractivity contribution in [3.63, 3.8) is 0 Å². The van der Waals surface area contributed by atoms with E-state index in [1.165, 1.54) is 0 Å². The van der Waals surface area contributed by atoms with Crippen LogP contribution in [0, 0.1) is 10.1 Å². The molecule has 2 saturated heterocycles. The van der Waals surface area contributed by atoms with Gasteiger partial charge in [-0.1, -0.05) is 30.3 Å². The minimum absolute atomic E-state index is 0.404. The molecule has 1 aromatic rings. The summed E-state index contributed by atoms with van der Waals surface area (Å²) in [6, 6.07) is 7.41. The van der Waals surface area contributed by atoms with Crippen LogP contribution in [0.1, 0.15) is 37.3 Å². The average molecular weight is 307 g/mol. The van der Waals surface area contributed by atoms with Gasteiger partial charge in [-0.25, -0.2) is 0 Å². The number of ether oxygens (including phenoxy) is 2. The Hall–Kier alpha value is -1.50. The Balaban J connectivity index is 2.03. The molecule has 0 aliphatic carbocycles. The molecular weight excluding hydrogens is 286 g/mol. The summed E-state index contributed by atoms with van der Waals surface area (Å²) < 4.78 is 11.3. The van der Waals surface area contributed by atoms with E-state index in [0.29, 0.717) is 31.6 Å². The summed E-state index contributed by atoms with van der Waals surface area (Å²) in [4.78, 5) is 11.4. The summed E-state index contributed by atoms with van der Waals surface area (Å²) in [5.41, 5.74) is -1.15. The Morgan fingerprint density at radius 1 is 1.14 bits per heavy atom. The molecule has 3 atom stereocenters. The molecule has 3 rings (SSSR count). The van der Waals surface area contributed by atoms with Crippen LogP contribution in [-0.2, 0) is 9.47 Å². The first-order valence-electron chi connectivity index (χ1n) is 7.78. The van der Waals surface area contributed by atoms with Crippen molar-refractivity contribution in [2.75, 3.05) is 13.2 Å². The van der Waals surface area contributed by atoms with Crippen molar-refractivity contribution in [1.82, 2.24) is 0 Å². The summed E-state index contributed by atoms with van der Waals surface area (Å²) in [5, 5.41) is 23.2. The molecule has 0 radical (unpaired) electrons. The van der Waals surface area contributed by atoms with E-state index in [9.17, 15) is 15.2 Å². The van der Waals surface area contributed by atoms with Crippen molar-refractivity contribution in [1.29, 1.82) is 0 Å². The van der Waals surface area contributed by atoms with Crippen LogP contribution in [0.25, 0.3) is 0 Å². The second-order valence-electron chi connectivity index (χ2n) is 5.99. The lowest BCUT2D eigenvalue weighted by Gasteiger charge is -2.39. The Morgan fingerprint density at radius 3 is 2.09 bits per heavy atom. The molecule has 2 aliphatic heterocycles. The molecule has 0 spiro atoms. The van der Waals surface area contributed by atoms with Crippen LogP contribution >= 0.6 is 0 Å². The lowest BCUT2D eigenvalue weighted by molar-refractivity contribution is -0.560. The fourth-order valence-corrected chi connectivity index (χ4v) is 3.64. The quantitative estimate of drug-likeness (QED) is 0.665. The van der Waals surface area contributed by atoms with Crippen molar-refractivity contribution in [2.45, 2.75) is 49.5 Å². The normalized spacial score (nSPS) is 29.1. The maximum Gasteiger partial charge on any atom is 0.271 e. The van der Waals surface area contributed by atoms with Gasteiger partial charge in [0.2, 0.25) is 0 Å². The van der Waals surface area contributed by atoms with E-state index in [0.717, 1.165) is 12.8 Å². The molecule has 6 nitrogen and oxygen atoms in total. The summed E-state index contributed by atoms with van der Waals surface area (Å²) in [5.74, 6) is 0. The van der Waals surface area contributed by atoms with Gasteiger partial charge < -0.3 is 14.6 Å². The fraction of sp³-hybridized carbons (Fsp3) is 0.625. The average Bonchev–Trinajstić information content (AvgIpc) is 3.22. The van der Waals surface area contributed by atoms with Crippen molar-refractivity contribution in [3.05, 3.63) is 46.0 Å².